The van der Waals surface area contributed by atoms with Crippen molar-refractivity contribution >= 4 is 58.7 Å². The smallest absolute Gasteiger partial charge is 0.340 e. The first-order valence-electron chi connectivity index (χ1n) is 9.10. The monoisotopic (exact) mass is 509 g/mol. The summed E-state index contributed by atoms with van der Waals surface area (Å²) in [4.78, 5) is 49.6. The lowest BCUT2D eigenvalue weighted by Gasteiger charge is -2.24. The van der Waals surface area contributed by atoms with Crippen molar-refractivity contribution in [3.05, 3.63) is 27.2 Å². The number of phenols is 1. The van der Waals surface area contributed by atoms with E-state index in [1.165, 1.54) is 6.07 Å². The van der Waals surface area contributed by atoms with Gasteiger partial charge in [0, 0.05) is 17.1 Å². The molecule has 32 heavy (non-hydrogen) atoms. The maximum absolute atomic E-state index is 12.7. The number of ether oxygens (including phenoxy) is 2. The van der Waals surface area contributed by atoms with Crippen LogP contribution in [0.5, 0.6) is 5.75 Å². The number of halogens is 2. The van der Waals surface area contributed by atoms with Crippen LogP contribution in [0.1, 0.15) is 15.9 Å². The van der Waals surface area contributed by atoms with E-state index in [0.29, 0.717) is 0 Å². The molecule has 0 saturated heterocycles. The van der Waals surface area contributed by atoms with Gasteiger partial charge in [-0.05, 0) is 6.07 Å². The first-order valence-corrected chi connectivity index (χ1v) is 11.0. The highest BCUT2D eigenvalue weighted by Gasteiger charge is 2.32. The number of hydrogen-bond acceptors (Lipinski definition) is 10. The Bertz CT molecular complexity index is 917. The molecule has 0 spiro atoms. The fourth-order valence-electron chi connectivity index (χ4n) is 2.66. The number of amides is 2. The Morgan fingerprint density at radius 2 is 2.09 bits per heavy atom. The summed E-state index contributed by atoms with van der Waals surface area (Å²) in [6, 6.07) is -2.75. The molecule has 0 fully saturated rings. The third-order valence-corrected chi connectivity index (χ3v) is 6.04. The molecule has 1 aliphatic rings. The van der Waals surface area contributed by atoms with Gasteiger partial charge in [0.05, 0.1) is 29.3 Å². The number of aliphatic hydroxyl groups excluding tert-OH is 1. The lowest BCUT2D eigenvalue weighted by molar-refractivity contribution is -0.144. The summed E-state index contributed by atoms with van der Waals surface area (Å²) in [5, 5.41) is 23.9. The van der Waals surface area contributed by atoms with Crippen molar-refractivity contribution in [1.29, 1.82) is 0 Å². The van der Waals surface area contributed by atoms with Crippen LogP contribution in [0.25, 0.3) is 0 Å². The van der Waals surface area contributed by atoms with Crippen LogP contribution >= 0.6 is 35.0 Å². The summed E-state index contributed by atoms with van der Waals surface area (Å²) >= 11 is 13.2. The van der Waals surface area contributed by atoms with Gasteiger partial charge in [-0.3, -0.25) is 9.59 Å². The van der Waals surface area contributed by atoms with Crippen molar-refractivity contribution < 1.29 is 38.9 Å². The SMILES string of the molecule is COC(=O)[C@@H]1CSCc2c(O)c(Cl)cc(Cl)c2C(=O)OC[C@H](NC(=O)[C@@H](N)CO)C(=O)N1. The molecule has 176 valence electrons. The number of rotatable bonds is 4. The van der Waals surface area contributed by atoms with Gasteiger partial charge < -0.3 is 36.1 Å². The number of nitrogens with one attached hydrogen (secondary N) is 2. The van der Waals surface area contributed by atoms with Crippen LogP contribution in [0.15, 0.2) is 6.07 Å². The second-order valence-corrected chi connectivity index (χ2v) is 8.44. The number of methoxy groups -OCH3 is 1. The van der Waals surface area contributed by atoms with Crippen molar-refractivity contribution in [3.8, 4) is 5.75 Å². The van der Waals surface area contributed by atoms with Gasteiger partial charge in [-0.1, -0.05) is 23.2 Å². The Labute approximate surface area is 196 Å². The molecule has 11 nitrogen and oxygen atoms in total. The Kier molecular flexibility index (Phi) is 9.40. The minimum absolute atomic E-state index is 0.00539. The van der Waals surface area contributed by atoms with Crippen LogP contribution in [0, 0.1) is 0 Å². The van der Waals surface area contributed by atoms with Crippen LogP contribution < -0.4 is 16.4 Å². The highest BCUT2D eigenvalue weighted by molar-refractivity contribution is 7.98. The third-order valence-electron chi connectivity index (χ3n) is 4.39. The number of carbonyl (C=O) groups is 4. The van der Waals surface area contributed by atoms with Crippen LogP contribution in [-0.2, 0) is 29.6 Å². The fourth-order valence-corrected chi connectivity index (χ4v) is 4.30. The molecule has 2 rings (SSSR count). The van der Waals surface area contributed by atoms with Gasteiger partial charge in [0.2, 0.25) is 11.8 Å². The number of aromatic hydroxyl groups is 1. The van der Waals surface area contributed by atoms with E-state index in [1.807, 2.05) is 0 Å². The van der Waals surface area contributed by atoms with E-state index in [-0.39, 0.29) is 38.4 Å². The molecule has 0 aromatic heterocycles. The molecule has 1 aromatic rings. The predicted molar refractivity (Wildman–Crippen MR) is 116 cm³/mol. The highest BCUT2D eigenvalue weighted by atomic mass is 35.5. The molecule has 0 aliphatic carbocycles. The van der Waals surface area contributed by atoms with Crippen LogP contribution in [0.3, 0.4) is 0 Å². The number of phenolic OH excluding ortho intramolecular Hbond substituents is 1. The number of carbonyl (C=O) groups excluding carboxylic acids is 4. The summed E-state index contributed by atoms with van der Waals surface area (Å²) < 4.78 is 9.85. The van der Waals surface area contributed by atoms with Gasteiger partial charge in [0.1, 0.15) is 30.5 Å². The lowest BCUT2D eigenvalue weighted by atomic mass is 10.1. The summed E-state index contributed by atoms with van der Waals surface area (Å²) in [6.07, 6.45) is 0. The average molecular weight is 510 g/mol. The summed E-state index contributed by atoms with van der Waals surface area (Å²) in [5.74, 6) is -3.85. The van der Waals surface area contributed by atoms with Crippen molar-refractivity contribution in [1.82, 2.24) is 10.6 Å². The van der Waals surface area contributed by atoms with Crippen LogP contribution in [0.4, 0.5) is 0 Å². The zero-order valence-electron chi connectivity index (χ0n) is 16.7. The van der Waals surface area contributed by atoms with Gasteiger partial charge in [-0.25, -0.2) is 9.59 Å². The van der Waals surface area contributed by atoms with Gasteiger partial charge in [0.15, 0.2) is 0 Å². The summed E-state index contributed by atoms with van der Waals surface area (Å²) in [6.45, 7) is -1.35. The molecule has 0 radical (unpaired) electrons. The number of hydrogen-bond donors (Lipinski definition) is 5. The standard InChI is InChI=1S/C18H21Cl2N3O8S/c1-30-17(28)12-6-32-5-7-13(8(19)2-9(20)14(7)25)18(29)31-4-11(16(27)23-12)22-15(26)10(21)3-24/h2,10-12,24-25H,3-6,21H2,1H3,(H,22,26)(H,23,27)/t10-,11-,12-/m0/s1. The molecule has 3 atom stereocenters. The van der Waals surface area contributed by atoms with Crippen LogP contribution in [-0.4, -0.2) is 78.2 Å². The van der Waals surface area contributed by atoms with Gasteiger partial charge in [0.25, 0.3) is 0 Å². The number of esters is 2. The molecule has 6 N–H and O–H groups in total. The molecule has 1 aromatic carbocycles. The maximum Gasteiger partial charge on any atom is 0.340 e. The number of nitrogens with two attached hydrogens (primary N) is 1. The molecular formula is C18H21Cl2N3O8S. The van der Waals surface area contributed by atoms with Crippen molar-refractivity contribution in [2.75, 3.05) is 26.1 Å². The van der Waals surface area contributed by atoms with E-state index in [0.717, 1.165) is 18.9 Å². The fraction of sp³-hybridized carbons (Fsp3) is 0.444. The number of fused-ring (bicyclic) bond motifs is 1. The molecule has 1 heterocycles. The zero-order chi connectivity index (χ0) is 24.0. The topological polar surface area (TPSA) is 177 Å². The van der Waals surface area contributed by atoms with E-state index in [4.69, 9.17) is 43.5 Å². The number of thioether (sulfide) groups is 1. The average Bonchev–Trinajstić information content (AvgIpc) is 2.76. The predicted octanol–water partition coefficient (Wildman–Crippen LogP) is -0.435. The Morgan fingerprint density at radius 1 is 1.41 bits per heavy atom. The molecular weight excluding hydrogens is 489 g/mol. The third kappa shape index (κ3) is 6.17. The van der Waals surface area contributed by atoms with E-state index < -0.39 is 55.1 Å². The number of cyclic esters (lactones) is 1. The Morgan fingerprint density at radius 3 is 2.72 bits per heavy atom. The normalized spacial score (nSPS) is 20.5. The van der Waals surface area contributed by atoms with Gasteiger partial charge in [-0.2, -0.15) is 11.8 Å². The first-order chi connectivity index (χ1) is 15.1. The van der Waals surface area contributed by atoms with E-state index in [1.54, 1.807) is 0 Å². The minimum atomic E-state index is -1.45. The highest BCUT2D eigenvalue weighted by Crippen LogP contribution is 2.38. The number of aliphatic hydroxyl groups is 1. The molecule has 1 aliphatic heterocycles. The molecule has 2 amide bonds. The summed E-state index contributed by atoms with van der Waals surface area (Å²) in [7, 11) is 1.14. The minimum Gasteiger partial charge on any atom is -0.506 e. The Balaban J connectivity index is 2.44. The quantitative estimate of drug-likeness (QED) is 0.334. The maximum atomic E-state index is 12.7. The molecule has 0 saturated carbocycles. The van der Waals surface area contributed by atoms with Gasteiger partial charge in [-0.15, -0.1) is 0 Å². The van der Waals surface area contributed by atoms with E-state index in [9.17, 15) is 24.3 Å². The van der Waals surface area contributed by atoms with Crippen molar-refractivity contribution in [2.45, 2.75) is 23.9 Å². The number of benzene rings is 1. The zero-order valence-corrected chi connectivity index (χ0v) is 19.1. The largest absolute Gasteiger partial charge is 0.506 e. The molecule has 14 heteroatoms. The second-order valence-electron chi connectivity index (χ2n) is 6.59. The Hall–Kier alpha value is -2.25. The van der Waals surface area contributed by atoms with Crippen molar-refractivity contribution in [3.63, 3.8) is 0 Å². The lowest BCUT2D eigenvalue weighted by Crippen LogP contribution is -2.57. The first kappa shape index (κ1) is 26.0. The van der Waals surface area contributed by atoms with Crippen LogP contribution in [0.2, 0.25) is 10.0 Å². The van der Waals surface area contributed by atoms with Crippen molar-refractivity contribution in [2.24, 2.45) is 5.73 Å². The van der Waals surface area contributed by atoms with E-state index in [2.05, 4.69) is 10.6 Å². The van der Waals surface area contributed by atoms with Gasteiger partial charge >= 0.3 is 11.9 Å². The summed E-state index contributed by atoms with van der Waals surface area (Å²) in [5.41, 5.74) is 5.36. The molecule has 0 unspecified atom stereocenters. The molecule has 0 bridgehead atoms. The van der Waals surface area contributed by atoms with E-state index >= 15 is 0 Å². The second kappa shape index (κ2) is 11.6.